The number of fused-ring (bicyclic) bond motifs is 1. The maximum atomic E-state index is 12.5. The molecule has 1 N–H and O–H groups in total. The molecule has 0 unspecified atom stereocenters. The maximum absolute atomic E-state index is 12.5. The van der Waals surface area contributed by atoms with Gasteiger partial charge < -0.3 is 5.32 Å². The van der Waals surface area contributed by atoms with E-state index in [2.05, 4.69) is 18.3 Å². The van der Waals surface area contributed by atoms with Gasteiger partial charge in [0.05, 0.1) is 16.8 Å². The van der Waals surface area contributed by atoms with E-state index < -0.39 is 0 Å². The fourth-order valence-electron chi connectivity index (χ4n) is 3.17. The predicted octanol–water partition coefficient (Wildman–Crippen LogP) is 5.32. The standard InChI is InChI=1S/C23H23N3OS/c1-5-17-8-6-7-15(3)21(17)25-20(27)13-28-23-19(12-24)11-18-10-9-14(2)16(4)22(18)26-23/h6-11H,5,13H2,1-4H3,(H,25,27). The van der Waals surface area contributed by atoms with E-state index in [0.717, 1.165) is 45.3 Å². The number of para-hydroxylation sites is 1. The van der Waals surface area contributed by atoms with Crippen LogP contribution in [0.15, 0.2) is 41.4 Å². The summed E-state index contributed by atoms with van der Waals surface area (Å²) in [6, 6.07) is 14.1. The molecule has 1 heterocycles. The van der Waals surface area contributed by atoms with Gasteiger partial charge in [-0.05, 0) is 55.5 Å². The molecule has 0 bridgehead atoms. The fraction of sp³-hybridized carbons (Fsp3) is 0.261. The number of amides is 1. The number of pyridine rings is 1. The number of benzene rings is 2. The van der Waals surface area contributed by atoms with Gasteiger partial charge in [-0.2, -0.15) is 5.26 Å². The van der Waals surface area contributed by atoms with E-state index >= 15 is 0 Å². The van der Waals surface area contributed by atoms with Crippen molar-refractivity contribution in [2.45, 2.75) is 39.1 Å². The predicted molar refractivity (Wildman–Crippen MR) is 116 cm³/mol. The number of rotatable bonds is 5. The van der Waals surface area contributed by atoms with Gasteiger partial charge in [-0.3, -0.25) is 4.79 Å². The molecule has 0 aliphatic heterocycles. The number of hydrogen-bond acceptors (Lipinski definition) is 4. The Hall–Kier alpha value is -2.84. The molecule has 2 aromatic carbocycles. The Kier molecular flexibility index (Phi) is 6.01. The van der Waals surface area contributed by atoms with Crippen LogP contribution < -0.4 is 5.32 Å². The summed E-state index contributed by atoms with van der Waals surface area (Å²) in [5.74, 6) is 0.107. The fourth-order valence-corrected chi connectivity index (χ4v) is 3.92. The highest BCUT2D eigenvalue weighted by Gasteiger charge is 2.13. The van der Waals surface area contributed by atoms with E-state index in [1.807, 2.05) is 57.2 Å². The number of hydrogen-bond donors (Lipinski definition) is 1. The number of carbonyl (C=O) groups is 1. The molecule has 0 saturated carbocycles. The van der Waals surface area contributed by atoms with Crippen molar-refractivity contribution < 1.29 is 4.79 Å². The van der Waals surface area contributed by atoms with Crippen LogP contribution in [0.1, 0.15) is 34.7 Å². The summed E-state index contributed by atoms with van der Waals surface area (Å²) in [7, 11) is 0. The largest absolute Gasteiger partial charge is 0.325 e. The maximum Gasteiger partial charge on any atom is 0.234 e. The third-order valence-electron chi connectivity index (χ3n) is 4.94. The van der Waals surface area contributed by atoms with Crippen LogP contribution >= 0.6 is 11.8 Å². The number of nitriles is 1. The molecule has 5 heteroatoms. The Balaban J connectivity index is 1.83. The van der Waals surface area contributed by atoms with Gasteiger partial charge in [0, 0.05) is 11.1 Å². The third-order valence-corrected chi connectivity index (χ3v) is 5.93. The number of anilines is 1. The Morgan fingerprint density at radius 1 is 1.18 bits per heavy atom. The quantitative estimate of drug-likeness (QED) is 0.599. The lowest BCUT2D eigenvalue weighted by Crippen LogP contribution is -2.16. The van der Waals surface area contributed by atoms with Crippen LogP contribution in [-0.4, -0.2) is 16.6 Å². The SMILES string of the molecule is CCc1cccc(C)c1NC(=O)CSc1nc2c(C)c(C)ccc2cc1C#N. The summed E-state index contributed by atoms with van der Waals surface area (Å²) >= 11 is 1.30. The second-order valence-corrected chi connectivity index (χ2v) is 7.80. The van der Waals surface area contributed by atoms with Crippen molar-refractivity contribution >= 4 is 34.3 Å². The van der Waals surface area contributed by atoms with E-state index in [4.69, 9.17) is 4.98 Å². The molecule has 3 aromatic rings. The molecule has 1 aromatic heterocycles. The minimum absolute atomic E-state index is 0.0965. The van der Waals surface area contributed by atoms with Crippen molar-refractivity contribution in [1.29, 1.82) is 5.26 Å². The first-order valence-electron chi connectivity index (χ1n) is 9.26. The van der Waals surface area contributed by atoms with Crippen molar-refractivity contribution in [2.24, 2.45) is 0 Å². The smallest absolute Gasteiger partial charge is 0.234 e. The van der Waals surface area contributed by atoms with Crippen LogP contribution in [0.3, 0.4) is 0 Å². The minimum atomic E-state index is -0.0965. The van der Waals surface area contributed by atoms with Crippen molar-refractivity contribution in [3.05, 3.63) is 64.2 Å². The molecule has 0 atom stereocenters. The molecule has 0 radical (unpaired) electrons. The Morgan fingerprint density at radius 2 is 1.96 bits per heavy atom. The van der Waals surface area contributed by atoms with E-state index in [0.29, 0.717) is 10.6 Å². The minimum Gasteiger partial charge on any atom is -0.325 e. The van der Waals surface area contributed by atoms with Gasteiger partial charge >= 0.3 is 0 Å². The molecule has 3 rings (SSSR count). The summed E-state index contributed by atoms with van der Waals surface area (Å²) in [6.07, 6.45) is 0.855. The van der Waals surface area contributed by atoms with Crippen LogP contribution in [0, 0.1) is 32.1 Å². The summed E-state index contributed by atoms with van der Waals surface area (Å²) in [5, 5.41) is 14.1. The Bertz CT molecular complexity index is 1100. The molecule has 0 fully saturated rings. The highest BCUT2D eigenvalue weighted by Crippen LogP contribution is 2.28. The first-order chi connectivity index (χ1) is 13.4. The first-order valence-corrected chi connectivity index (χ1v) is 10.2. The average Bonchev–Trinajstić information content (AvgIpc) is 2.70. The highest BCUT2D eigenvalue weighted by molar-refractivity contribution is 8.00. The zero-order valence-corrected chi connectivity index (χ0v) is 17.4. The van der Waals surface area contributed by atoms with Gasteiger partial charge in [0.15, 0.2) is 0 Å². The van der Waals surface area contributed by atoms with Gasteiger partial charge in [-0.1, -0.05) is 49.0 Å². The van der Waals surface area contributed by atoms with E-state index in [1.165, 1.54) is 11.8 Å². The molecular weight excluding hydrogens is 366 g/mol. The highest BCUT2D eigenvalue weighted by atomic mass is 32.2. The topological polar surface area (TPSA) is 65.8 Å². The molecular formula is C23H23N3OS. The van der Waals surface area contributed by atoms with Crippen molar-refractivity contribution in [2.75, 3.05) is 11.1 Å². The van der Waals surface area contributed by atoms with E-state index in [1.54, 1.807) is 0 Å². The molecule has 0 aliphatic rings. The average molecular weight is 390 g/mol. The van der Waals surface area contributed by atoms with Crippen molar-refractivity contribution in [1.82, 2.24) is 4.98 Å². The van der Waals surface area contributed by atoms with Crippen LogP contribution in [0.5, 0.6) is 0 Å². The molecule has 4 nitrogen and oxygen atoms in total. The van der Waals surface area contributed by atoms with Crippen molar-refractivity contribution in [3.8, 4) is 6.07 Å². The van der Waals surface area contributed by atoms with Gasteiger partial charge in [0.2, 0.25) is 5.91 Å². The first kappa shape index (κ1) is 19.9. The van der Waals surface area contributed by atoms with Crippen molar-refractivity contribution in [3.63, 3.8) is 0 Å². The summed E-state index contributed by atoms with van der Waals surface area (Å²) < 4.78 is 0. The van der Waals surface area contributed by atoms with Crippen LogP contribution in [0.2, 0.25) is 0 Å². The lowest BCUT2D eigenvalue weighted by Gasteiger charge is -2.13. The Labute approximate surface area is 170 Å². The van der Waals surface area contributed by atoms with Gasteiger partial charge in [0.25, 0.3) is 0 Å². The van der Waals surface area contributed by atoms with E-state index in [-0.39, 0.29) is 11.7 Å². The summed E-state index contributed by atoms with van der Waals surface area (Å²) in [5.41, 5.74) is 6.68. The van der Waals surface area contributed by atoms with Crippen LogP contribution in [0.25, 0.3) is 10.9 Å². The molecule has 0 aliphatic carbocycles. The lowest BCUT2D eigenvalue weighted by molar-refractivity contribution is -0.113. The molecule has 0 saturated heterocycles. The normalized spacial score (nSPS) is 10.7. The molecule has 142 valence electrons. The molecule has 0 spiro atoms. The number of aromatic nitrogens is 1. The van der Waals surface area contributed by atoms with Crippen LogP contribution in [-0.2, 0) is 11.2 Å². The monoisotopic (exact) mass is 389 g/mol. The van der Waals surface area contributed by atoms with Gasteiger partial charge in [-0.15, -0.1) is 0 Å². The third kappa shape index (κ3) is 4.02. The van der Waals surface area contributed by atoms with Gasteiger partial charge in [-0.25, -0.2) is 4.98 Å². The number of carbonyl (C=O) groups excluding carboxylic acids is 1. The number of aryl methyl sites for hydroxylation is 4. The second-order valence-electron chi connectivity index (χ2n) is 6.83. The molecule has 1 amide bonds. The van der Waals surface area contributed by atoms with Gasteiger partial charge in [0.1, 0.15) is 11.1 Å². The van der Waals surface area contributed by atoms with Crippen LogP contribution in [0.4, 0.5) is 5.69 Å². The van der Waals surface area contributed by atoms with E-state index in [9.17, 15) is 10.1 Å². The number of nitrogens with zero attached hydrogens (tertiary/aromatic N) is 2. The zero-order valence-electron chi connectivity index (χ0n) is 16.6. The zero-order chi connectivity index (χ0) is 20.3. The lowest BCUT2D eigenvalue weighted by atomic mass is 10.0. The number of nitrogens with one attached hydrogen (secondary N) is 1. The number of thioether (sulfide) groups is 1. The summed E-state index contributed by atoms with van der Waals surface area (Å²) in [4.78, 5) is 17.2. The molecule has 28 heavy (non-hydrogen) atoms. The second kappa shape index (κ2) is 8.45. The summed E-state index contributed by atoms with van der Waals surface area (Å²) in [6.45, 7) is 8.14. The Morgan fingerprint density at radius 3 is 2.68 bits per heavy atom.